The zero-order valence-corrected chi connectivity index (χ0v) is 27.5. The van der Waals surface area contributed by atoms with Gasteiger partial charge in [0.25, 0.3) is 0 Å². The zero-order chi connectivity index (χ0) is 30.2. The van der Waals surface area contributed by atoms with Crippen molar-refractivity contribution < 1.29 is 24.1 Å². The van der Waals surface area contributed by atoms with E-state index in [9.17, 15) is 5.11 Å². The smallest absolute Gasteiger partial charge is 0.131 e. The van der Waals surface area contributed by atoms with Gasteiger partial charge in [-0.05, 0) is 54.0 Å². The fraction of sp³-hybridized carbons (Fsp3) is 0.471. The highest BCUT2D eigenvalue weighted by Gasteiger charge is 2.35. The van der Waals surface area contributed by atoms with Crippen molar-refractivity contribution in [3.63, 3.8) is 0 Å². The molecule has 1 N–H and O–H groups in total. The minimum absolute atomic E-state index is 0.222. The summed E-state index contributed by atoms with van der Waals surface area (Å²) in [5.41, 5.74) is 2.24. The predicted molar refractivity (Wildman–Crippen MR) is 169 cm³/mol. The Hall–Kier alpha value is -2.91. The molecule has 3 aromatic rings. The summed E-state index contributed by atoms with van der Waals surface area (Å²) in [5.74, 6) is 3.31. The van der Waals surface area contributed by atoms with Crippen LogP contribution in [0.25, 0.3) is 0 Å². The number of phenolic OH excluding ortho intramolecular Hbond substituents is 1. The maximum Gasteiger partial charge on any atom is 0.131 e. The number of aromatic hydroxyl groups is 1. The number of ether oxygens (including phenoxy) is 4. The molecular formula is C34H47O5P. The van der Waals surface area contributed by atoms with Gasteiger partial charge in [0.15, 0.2) is 0 Å². The molecule has 0 unspecified atom stereocenters. The van der Waals surface area contributed by atoms with Gasteiger partial charge in [0, 0.05) is 27.0 Å². The standard InChI is InChI=1S/C34H47O5P/c1-32(2,3)23-15-14-16-26(29(23)35)40(27-19-21(36-10)17-24(30(27)38-12)33(4,5)6)28-20-22(37-11)18-25(31(28)39-13)34(7,8)9/h14-20,35H,1-13H3. The Bertz CT molecular complexity index is 1280. The lowest BCUT2D eigenvalue weighted by Gasteiger charge is -2.32. The molecule has 5 nitrogen and oxygen atoms in total. The lowest BCUT2D eigenvalue weighted by Crippen LogP contribution is -2.28. The average molecular weight is 567 g/mol. The molecule has 0 spiro atoms. The van der Waals surface area contributed by atoms with Crippen LogP contribution in [0.2, 0.25) is 0 Å². The monoisotopic (exact) mass is 566 g/mol. The first-order valence-electron chi connectivity index (χ1n) is 13.6. The Morgan fingerprint density at radius 2 is 0.925 bits per heavy atom. The molecule has 6 heteroatoms. The molecule has 0 aliphatic rings. The van der Waals surface area contributed by atoms with E-state index in [0.717, 1.165) is 55.6 Å². The van der Waals surface area contributed by atoms with Crippen molar-refractivity contribution in [3.8, 4) is 28.7 Å². The van der Waals surface area contributed by atoms with Gasteiger partial charge in [-0.15, -0.1) is 0 Å². The van der Waals surface area contributed by atoms with Gasteiger partial charge in [-0.3, -0.25) is 0 Å². The second-order valence-electron chi connectivity index (χ2n) is 13.2. The number of methoxy groups -OCH3 is 4. The first-order valence-corrected chi connectivity index (χ1v) is 15.0. The third-order valence-electron chi connectivity index (χ3n) is 7.13. The van der Waals surface area contributed by atoms with Crippen LogP contribution >= 0.6 is 7.92 Å². The Morgan fingerprint density at radius 3 is 1.25 bits per heavy atom. The molecule has 0 aliphatic heterocycles. The SMILES string of the molecule is COc1cc(P(c2cccc(C(C)(C)C)c2O)c2cc(OC)cc(C(C)(C)C)c2OC)c(OC)c(C(C)(C)C)c1. The lowest BCUT2D eigenvalue weighted by atomic mass is 9.86. The number of hydrogen-bond donors (Lipinski definition) is 1. The van der Waals surface area contributed by atoms with E-state index in [-0.39, 0.29) is 22.0 Å². The van der Waals surface area contributed by atoms with Crippen LogP contribution < -0.4 is 34.9 Å². The molecule has 0 aromatic heterocycles. The topological polar surface area (TPSA) is 57.2 Å². The van der Waals surface area contributed by atoms with E-state index in [2.05, 4.69) is 62.3 Å². The number of benzene rings is 3. The van der Waals surface area contributed by atoms with Crippen LogP contribution in [-0.4, -0.2) is 33.5 Å². The Morgan fingerprint density at radius 1 is 0.525 bits per heavy atom. The van der Waals surface area contributed by atoms with Crippen LogP contribution in [0.1, 0.15) is 79.0 Å². The number of hydrogen-bond acceptors (Lipinski definition) is 5. The number of phenols is 1. The van der Waals surface area contributed by atoms with Gasteiger partial charge in [0.2, 0.25) is 0 Å². The van der Waals surface area contributed by atoms with Crippen LogP contribution in [0, 0.1) is 0 Å². The summed E-state index contributed by atoms with van der Waals surface area (Å²) >= 11 is 0. The first kappa shape index (κ1) is 31.6. The average Bonchev–Trinajstić information content (AvgIpc) is 2.86. The van der Waals surface area contributed by atoms with E-state index in [4.69, 9.17) is 18.9 Å². The van der Waals surface area contributed by atoms with Gasteiger partial charge < -0.3 is 24.1 Å². The van der Waals surface area contributed by atoms with Gasteiger partial charge in [0.1, 0.15) is 28.7 Å². The van der Waals surface area contributed by atoms with E-state index in [1.807, 2.05) is 42.5 Å². The Kier molecular flexibility index (Phi) is 9.11. The van der Waals surface area contributed by atoms with Gasteiger partial charge in [-0.2, -0.15) is 0 Å². The third-order valence-corrected chi connectivity index (χ3v) is 9.60. The molecule has 0 radical (unpaired) electrons. The summed E-state index contributed by atoms with van der Waals surface area (Å²) in [7, 11) is 5.37. The number of rotatable bonds is 7. The summed E-state index contributed by atoms with van der Waals surface area (Å²) in [6, 6.07) is 14.2. The molecule has 0 saturated heterocycles. The normalized spacial score (nSPS) is 12.4. The van der Waals surface area contributed by atoms with Crippen LogP contribution in [0.3, 0.4) is 0 Å². The van der Waals surface area contributed by atoms with Crippen LogP contribution in [0.15, 0.2) is 42.5 Å². The van der Waals surface area contributed by atoms with Crippen molar-refractivity contribution in [2.75, 3.05) is 28.4 Å². The molecule has 0 saturated carbocycles. The fourth-order valence-corrected chi connectivity index (χ4v) is 7.68. The highest BCUT2D eigenvalue weighted by Crippen LogP contribution is 2.49. The molecule has 0 fully saturated rings. The second kappa shape index (κ2) is 11.5. The van der Waals surface area contributed by atoms with Crippen LogP contribution in [-0.2, 0) is 16.2 Å². The van der Waals surface area contributed by atoms with Crippen molar-refractivity contribution in [1.29, 1.82) is 0 Å². The van der Waals surface area contributed by atoms with Crippen molar-refractivity contribution in [2.45, 2.75) is 78.6 Å². The van der Waals surface area contributed by atoms with Gasteiger partial charge >= 0.3 is 0 Å². The molecule has 40 heavy (non-hydrogen) atoms. The van der Waals surface area contributed by atoms with E-state index in [0.29, 0.717) is 0 Å². The van der Waals surface area contributed by atoms with Gasteiger partial charge in [-0.25, -0.2) is 0 Å². The molecule has 3 rings (SSSR count). The molecule has 0 bridgehead atoms. The highest BCUT2D eigenvalue weighted by atomic mass is 31.1. The quantitative estimate of drug-likeness (QED) is 0.310. The molecule has 218 valence electrons. The summed E-state index contributed by atoms with van der Waals surface area (Å²) in [6.07, 6.45) is 0. The fourth-order valence-electron chi connectivity index (χ4n) is 4.99. The maximum absolute atomic E-state index is 11.9. The summed E-state index contributed by atoms with van der Waals surface area (Å²) in [5, 5.41) is 14.6. The minimum atomic E-state index is -1.41. The van der Waals surface area contributed by atoms with E-state index >= 15 is 0 Å². The van der Waals surface area contributed by atoms with Crippen LogP contribution in [0.4, 0.5) is 0 Å². The van der Waals surface area contributed by atoms with E-state index in [1.165, 1.54) is 0 Å². The van der Waals surface area contributed by atoms with Crippen molar-refractivity contribution in [1.82, 2.24) is 0 Å². The van der Waals surface area contributed by atoms with Gasteiger partial charge in [0.05, 0.1) is 28.4 Å². The first-order chi connectivity index (χ1) is 18.5. The van der Waals surface area contributed by atoms with E-state index < -0.39 is 7.92 Å². The minimum Gasteiger partial charge on any atom is -0.507 e. The highest BCUT2D eigenvalue weighted by molar-refractivity contribution is 7.80. The molecule has 3 aromatic carbocycles. The van der Waals surface area contributed by atoms with Crippen molar-refractivity contribution >= 4 is 23.8 Å². The molecular weight excluding hydrogens is 519 g/mol. The molecule has 0 amide bonds. The molecule has 0 atom stereocenters. The Labute approximate surface area is 242 Å². The summed E-state index contributed by atoms with van der Waals surface area (Å²) in [6.45, 7) is 19.3. The largest absolute Gasteiger partial charge is 0.507 e. The third kappa shape index (κ3) is 6.20. The van der Waals surface area contributed by atoms with Crippen molar-refractivity contribution in [2.24, 2.45) is 0 Å². The van der Waals surface area contributed by atoms with E-state index in [1.54, 1.807) is 28.4 Å². The van der Waals surface area contributed by atoms with Crippen molar-refractivity contribution in [3.05, 3.63) is 59.2 Å². The predicted octanol–water partition coefficient (Wildman–Crippen LogP) is 7.08. The second-order valence-corrected chi connectivity index (χ2v) is 15.3. The van der Waals surface area contributed by atoms with Gasteiger partial charge in [-0.1, -0.05) is 80.5 Å². The van der Waals surface area contributed by atoms with Crippen LogP contribution in [0.5, 0.6) is 28.7 Å². The maximum atomic E-state index is 11.9. The Balaban J connectivity index is 2.63. The molecule has 0 aliphatic carbocycles. The lowest BCUT2D eigenvalue weighted by molar-refractivity contribution is 0.390. The molecule has 0 heterocycles. The summed E-state index contributed by atoms with van der Waals surface area (Å²) in [4.78, 5) is 0. The zero-order valence-electron chi connectivity index (χ0n) is 26.6. The number of para-hydroxylation sites is 1. The summed E-state index contributed by atoms with van der Waals surface area (Å²) < 4.78 is 24.1.